The number of hydrogen-bond donors (Lipinski definition) is 1. The van der Waals surface area contributed by atoms with Gasteiger partial charge in [0.25, 0.3) is 5.56 Å². The molecule has 0 saturated carbocycles. The number of nitrogens with zero attached hydrogens (tertiary/aromatic N) is 2. The van der Waals surface area contributed by atoms with Crippen LogP contribution in [0.5, 0.6) is 0 Å². The van der Waals surface area contributed by atoms with Gasteiger partial charge in [-0.1, -0.05) is 18.2 Å². The van der Waals surface area contributed by atoms with Crippen LogP contribution in [0.4, 0.5) is 0 Å². The zero-order valence-electron chi connectivity index (χ0n) is 17.6. The second-order valence-electron chi connectivity index (χ2n) is 7.04. The number of aromatic nitrogens is 3. The number of aromatic amines is 1. The average Bonchev–Trinajstić information content (AvgIpc) is 3.32. The van der Waals surface area contributed by atoms with E-state index >= 15 is 0 Å². The molecular weight excluding hydrogens is 421 g/mol. The van der Waals surface area contributed by atoms with Gasteiger partial charge in [0, 0.05) is 18.2 Å². The molecule has 2 aromatic heterocycles. The number of carbonyl (C=O) groups excluding carboxylic acids is 1. The van der Waals surface area contributed by atoms with Crippen molar-refractivity contribution in [3.63, 3.8) is 0 Å². The summed E-state index contributed by atoms with van der Waals surface area (Å²) >= 11 is 0. The number of esters is 1. The summed E-state index contributed by atoms with van der Waals surface area (Å²) in [5.41, 5.74) is 3.87. The fourth-order valence-electron chi connectivity index (χ4n) is 3.93. The molecule has 1 aliphatic rings. The molecule has 0 bridgehead atoms. The largest absolute Gasteiger partial charge is 0.461 e. The summed E-state index contributed by atoms with van der Waals surface area (Å²) in [6.07, 6.45) is 2.14. The maximum Gasteiger partial charge on any atom is 0.358 e. The van der Waals surface area contributed by atoms with E-state index in [4.69, 9.17) is 13.8 Å². The van der Waals surface area contributed by atoms with Crippen molar-refractivity contribution in [2.75, 3.05) is 19.8 Å². The van der Waals surface area contributed by atoms with Crippen LogP contribution in [0.15, 0.2) is 29.2 Å². The third-order valence-electron chi connectivity index (χ3n) is 5.11. The Morgan fingerprint density at radius 1 is 1.19 bits per heavy atom. The van der Waals surface area contributed by atoms with Crippen molar-refractivity contribution in [2.45, 2.75) is 33.4 Å². The Labute approximate surface area is 178 Å². The van der Waals surface area contributed by atoms with Crippen LogP contribution in [-0.4, -0.2) is 40.2 Å². The Hall–Kier alpha value is -2.74. The maximum atomic E-state index is 13.1. The molecular formula is C21H24N3O6P. The first-order chi connectivity index (χ1) is 14.9. The molecule has 1 N–H and O–H groups in total. The normalized spacial score (nSPS) is 12.7. The van der Waals surface area contributed by atoms with Gasteiger partial charge in [0.2, 0.25) is 5.65 Å². The average molecular weight is 445 g/mol. The molecule has 0 atom stereocenters. The predicted molar refractivity (Wildman–Crippen MR) is 115 cm³/mol. The fourth-order valence-corrected chi connectivity index (χ4v) is 5.69. The number of fused-ring (bicyclic) bond motifs is 5. The number of rotatable bonds is 8. The Balaban J connectivity index is 1.79. The van der Waals surface area contributed by atoms with Crippen LogP contribution in [0.3, 0.4) is 0 Å². The van der Waals surface area contributed by atoms with Crippen LogP contribution in [0.1, 0.15) is 48.1 Å². The minimum absolute atomic E-state index is 0.0779. The van der Waals surface area contributed by atoms with E-state index in [-0.39, 0.29) is 37.3 Å². The third-order valence-corrected chi connectivity index (χ3v) is 7.14. The molecule has 0 radical (unpaired) electrons. The van der Waals surface area contributed by atoms with Gasteiger partial charge in [-0.15, -0.1) is 0 Å². The lowest BCUT2D eigenvalue weighted by atomic mass is 10.0. The first-order valence-electron chi connectivity index (χ1n) is 10.2. The van der Waals surface area contributed by atoms with Gasteiger partial charge in [0.15, 0.2) is 5.69 Å². The minimum atomic E-state index is -3.30. The number of benzene rings is 1. The van der Waals surface area contributed by atoms with Crippen LogP contribution in [0, 0.1) is 0 Å². The van der Waals surface area contributed by atoms with E-state index in [2.05, 4.69) is 9.97 Å². The highest BCUT2D eigenvalue weighted by Crippen LogP contribution is 2.52. The zero-order valence-corrected chi connectivity index (χ0v) is 18.5. The van der Waals surface area contributed by atoms with Crippen LogP contribution >= 0.6 is 7.60 Å². The predicted octanol–water partition coefficient (Wildman–Crippen LogP) is 3.54. The summed E-state index contributed by atoms with van der Waals surface area (Å²) in [5.74, 6) is -0.579. The fraction of sp³-hybridized carbons (Fsp3) is 0.381. The van der Waals surface area contributed by atoms with E-state index in [0.717, 1.165) is 22.4 Å². The number of carbonyl (C=O) groups is 1. The molecule has 0 fully saturated rings. The van der Waals surface area contributed by atoms with E-state index in [1.54, 1.807) is 25.2 Å². The van der Waals surface area contributed by atoms with Gasteiger partial charge >= 0.3 is 13.6 Å². The summed E-state index contributed by atoms with van der Waals surface area (Å²) in [6, 6.07) is 5.65. The quantitative estimate of drug-likeness (QED) is 0.326. The summed E-state index contributed by atoms with van der Waals surface area (Å²) < 4.78 is 30.7. The van der Waals surface area contributed by atoms with E-state index in [1.807, 2.05) is 18.2 Å². The molecule has 164 valence electrons. The zero-order chi connectivity index (χ0) is 22.2. The molecule has 2 heterocycles. The van der Waals surface area contributed by atoms with Crippen molar-refractivity contribution in [1.82, 2.24) is 14.4 Å². The maximum absolute atomic E-state index is 13.1. The highest BCUT2D eigenvalue weighted by molar-refractivity contribution is 7.53. The molecule has 0 saturated heterocycles. The third kappa shape index (κ3) is 3.84. The standard InChI is InChI=1S/C21H24N3O6P/c1-4-28-21(26)16-11-24-17-10-15-13(12-31(27,29-5-2)30-6-3)8-7-9-14(15)18(17)23-20(25)19(24)22-16/h7-9,11H,4-6,10,12H2,1-3H3,(H,23,25). The number of imidazole rings is 1. The van der Waals surface area contributed by atoms with Crippen LogP contribution in [0.2, 0.25) is 0 Å². The second kappa shape index (κ2) is 8.42. The summed E-state index contributed by atoms with van der Waals surface area (Å²) in [4.78, 5) is 31.8. The lowest BCUT2D eigenvalue weighted by Crippen LogP contribution is -2.13. The van der Waals surface area contributed by atoms with Gasteiger partial charge in [-0.3, -0.25) is 13.8 Å². The van der Waals surface area contributed by atoms with Crippen molar-refractivity contribution >= 4 is 19.2 Å². The van der Waals surface area contributed by atoms with E-state index in [0.29, 0.717) is 12.1 Å². The summed E-state index contributed by atoms with van der Waals surface area (Å²) in [5, 5.41) is 0. The smallest absolute Gasteiger partial charge is 0.358 e. The molecule has 10 heteroatoms. The first kappa shape index (κ1) is 21.5. The van der Waals surface area contributed by atoms with Crippen LogP contribution < -0.4 is 5.56 Å². The van der Waals surface area contributed by atoms with Crippen molar-refractivity contribution < 1.29 is 23.1 Å². The summed E-state index contributed by atoms with van der Waals surface area (Å²) in [7, 11) is -3.30. The topological polar surface area (TPSA) is 112 Å². The van der Waals surface area contributed by atoms with E-state index < -0.39 is 19.1 Å². The van der Waals surface area contributed by atoms with Gasteiger partial charge in [-0.25, -0.2) is 9.78 Å². The molecule has 31 heavy (non-hydrogen) atoms. The van der Waals surface area contributed by atoms with Crippen molar-refractivity contribution in [2.24, 2.45) is 0 Å². The minimum Gasteiger partial charge on any atom is -0.461 e. The number of H-pyrrole nitrogens is 1. The molecule has 9 nitrogen and oxygen atoms in total. The SMILES string of the molecule is CCOC(=O)c1cn2c3c([nH]c(=O)c2n1)-c1cccc(CP(=O)(OCC)OCC)c1C3. The molecule has 0 unspecified atom stereocenters. The van der Waals surface area contributed by atoms with E-state index in [1.165, 1.54) is 6.20 Å². The van der Waals surface area contributed by atoms with Gasteiger partial charge in [0.05, 0.1) is 37.4 Å². The molecule has 1 aromatic carbocycles. The lowest BCUT2D eigenvalue weighted by molar-refractivity contribution is 0.0520. The number of hydrogen-bond acceptors (Lipinski definition) is 7. The number of ether oxygens (including phenoxy) is 1. The number of nitrogens with one attached hydrogen (secondary N) is 1. The van der Waals surface area contributed by atoms with Gasteiger partial charge in [-0.05, 0) is 31.9 Å². The first-order valence-corrected chi connectivity index (χ1v) is 11.9. The van der Waals surface area contributed by atoms with Gasteiger partial charge in [-0.2, -0.15) is 0 Å². The Morgan fingerprint density at radius 3 is 2.61 bits per heavy atom. The molecule has 0 aliphatic heterocycles. The summed E-state index contributed by atoms with van der Waals surface area (Å²) in [6.45, 7) is 6.05. The highest BCUT2D eigenvalue weighted by atomic mass is 31.2. The molecule has 0 amide bonds. The highest BCUT2D eigenvalue weighted by Gasteiger charge is 2.31. The second-order valence-corrected chi connectivity index (χ2v) is 9.10. The van der Waals surface area contributed by atoms with Crippen molar-refractivity contribution in [3.8, 4) is 11.3 Å². The lowest BCUT2D eigenvalue weighted by Gasteiger charge is -2.18. The van der Waals surface area contributed by atoms with Crippen molar-refractivity contribution in [1.29, 1.82) is 0 Å². The van der Waals surface area contributed by atoms with E-state index in [9.17, 15) is 14.2 Å². The van der Waals surface area contributed by atoms with Crippen LogP contribution in [-0.2, 0) is 30.9 Å². The van der Waals surface area contributed by atoms with Crippen LogP contribution in [0.25, 0.3) is 16.9 Å². The van der Waals surface area contributed by atoms with Crippen molar-refractivity contribution in [3.05, 3.63) is 57.3 Å². The Kier molecular flexibility index (Phi) is 5.83. The molecule has 3 aromatic rings. The molecule has 4 rings (SSSR count). The molecule has 1 aliphatic carbocycles. The molecule has 0 spiro atoms. The van der Waals surface area contributed by atoms with Gasteiger partial charge in [0.1, 0.15) is 0 Å². The monoisotopic (exact) mass is 445 g/mol. The van der Waals surface area contributed by atoms with Gasteiger partial charge < -0.3 is 18.8 Å². The Morgan fingerprint density at radius 2 is 1.94 bits per heavy atom. The Bertz CT molecular complexity index is 1250.